The van der Waals surface area contributed by atoms with Crippen molar-refractivity contribution < 1.29 is 5.11 Å². The topological polar surface area (TPSA) is 36.4 Å². The summed E-state index contributed by atoms with van der Waals surface area (Å²) < 4.78 is 0. The molecule has 1 atom stereocenters. The van der Waals surface area contributed by atoms with Gasteiger partial charge in [-0.1, -0.05) is 24.3 Å². The minimum atomic E-state index is -0.218. The van der Waals surface area contributed by atoms with E-state index < -0.39 is 0 Å². The molecule has 1 aliphatic rings. The summed E-state index contributed by atoms with van der Waals surface area (Å²) in [6.45, 7) is 1.68. The highest BCUT2D eigenvalue weighted by atomic mass is 16.3. The van der Waals surface area contributed by atoms with Crippen LogP contribution in [0.15, 0.2) is 36.5 Å². The third kappa shape index (κ3) is 1.98. The summed E-state index contributed by atoms with van der Waals surface area (Å²) >= 11 is 0. The quantitative estimate of drug-likeness (QED) is 0.813. The maximum absolute atomic E-state index is 9.74. The molecule has 1 aliphatic heterocycles. The van der Waals surface area contributed by atoms with Crippen molar-refractivity contribution in [1.82, 2.24) is 4.98 Å². The molecule has 3 nitrogen and oxygen atoms in total. The monoisotopic (exact) mass is 228 g/mol. The number of pyridine rings is 1. The number of hydrogen-bond donors (Lipinski definition) is 1. The van der Waals surface area contributed by atoms with Crippen molar-refractivity contribution in [2.75, 3.05) is 18.0 Å². The summed E-state index contributed by atoms with van der Waals surface area (Å²) in [5.41, 5.74) is 0. The molecular formula is C14H16N2O. The average molecular weight is 228 g/mol. The van der Waals surface area contributed by atoms with Crippen LogP contribution >= 0.6 is 0 Å². The Morgan fingerprint density at radius 2 is 2.12 bits per heavy atom. The van der Waals surface area contributed by atoms with Gasteiger partial charge >= 0.3 is 0 Å². The normalized spacial score (nSPS) is 20.8. The molecule has 1 unspecified atom stereocenters. The van der Waals surface area contributed by atoms with E-state index >= 15 is 0 Å². The summed E-state index contributed by atoms with van der Waals surface area (Å²) in [5.74, 6) is 1.00. The second kappa shape index (κ2) is 4.34. The van der Waals surface area contributed by atoms with E-state index in [1.54, 1.807) is 0 Å². The average Bonchev–Trinajstić information content (AvgIpc) is 2.38. The van der Waals surface area contributed by atoms with E-state index in [9.17, 15) is 5.11 Å². The number of rotatable bonds is 1. The van der Waals surface area contributed by atoms with Crippen molar-refractivity contribution in [2.45, 2.75) is 18.9 Å². The first-order chi connectivity index (χ1) is 8.34. The van der Waals surface area contributed by atoms with Crippen molar-refractivity contribution in [2.24, 2.45) is 0 Å². The summed E-state index contributed by atoms with van der Waals surface area (Å²) in [7, 11) is 0. The maximum Gasteiger partial charge on any atom is 0.136 e. The summed E-state index contributed by atoms with van der Waals surface area (Å²) in [4.78, 5) is 6.67. The van der Waals surface area contributed by atoms with E-state index in [4.69, 9.17) is 0 Å². The molecule has 17 heavy (non-hydrogen) atoms. The lowest BCUT2D eigenvalue weighted by Crippen LogP contribution is -2.38. The zero-order chi connectivity index (χ0) is 11.7. The Kier molecular flexibility index (Phi) is 2.69. The van der Waals surface area contributed by atoms with Gasteiger partial charge in [0.15, 0.2) is 0 Å². The van der Waals surface area contributed by atoms with Gasteiger partial charge in [0.25, 0.3) is 0 Å². The van der Waals surface area contributed by atoms with Crippen LogP contribution in [0.4, 0.5) is 5.82 Å². The molecule has 1 saturated heterocycles. The highest BCUT2D eigenvalue weighted by Crippen LogP contribution is 2.26. The third-order valence-corrected chi connectivity index (χ3v) is 3.35. The Balaban J connectivity index is 2.04. The number of nitrogens with zero attached hydrogens (tertiary/aromatic N) is 2. The van der Waals surface area contributed by atoms with Crippen LogP contribution in [0.25, 0.3) is 10.8 Å². The van der Waals surface area contributed by atoms with Crippen LogP contribution in [0.5, 0.6) is 0 Å². The number of fused-ring (bicyclic) bond motifs is 1. The van der Waals surface area contributed by atoms with Crippen molar-refractivity contribution in [3.8, 4) is 0 Å². The molecule has 1 aromatic heterocycles. The fraction of sp³-hybridized carbons (Fsp3) is 0.357. The molecule has 88 valence electrons. The van der Waals surface area contributed by atoms with Crippen LogP contribution in [0.3, 0.4) is 0 Å². The number of hydrogen-bond acceptors (Lipinski definition) is 3. The fourth-order valence-electron chi connectivity index (χ4n) is 2.50. The molecule has 0 spiro atoms. The molecule has 2 heterocycles. The van der Waals surface area contributed by atoms with E-state index in [0.717, 1.165) is 25.2 Å². The molecule has 0 saturated carbocycles. The predicted molar refractivity (Wildman–Crippen MR) is 69.2 cm³/mol. The van der Waals surface area contributed by atoms with Gasteiger partial charge in [0.1, 0.15) is 5.82 Å². The molecule has 1 N–H and O–H groups in total. The van der Waals surface area contributed by atoms with Crippen molar-refractivity contribution in [1.29, 1.82) is 0 Å². The van der Waals surface area contributed by atoms with E-state index in [2.05, 4.69) is 22.0 Å². The molecule has 0 radical (unpaired) electrons. The second-order valence-corrected chi connectivity index (χ2v) is 4.60. The number of piperidine rings is 1. The van der Waals surface area contributed by atoms with Crippen molar-refractivity contribution >= 4 is 16.6 Å². The summed E-state index contributed by atoms with van der Waals surface area (Å²) in [6, 6.07) is 10.3. The number of β-amino-alcohol motifs (C(OH)–C–C–N with tert-alkyl or cyclic N) is 1. The zero-order valence-corrected chi connectivity index (χ0v) is 9.71. The zero-order valence-electron chi connectivity index (χ0n) is 9.71. The van der Waals surface area contributed by atoms with Gasteiger partial charge in [0.05, 0.1) is 6.10 Å². The van der Waals surface area contributed by atoms with Gasteiger partial charge in [0.2, 0.25) is 0 Å². The van der Waals surface area contributed by atoms with Gasteiger partial charge in [-0.2, -0.15) is 0 Å². The molecular weight excluding hydrogens is 212 g/mol. The predicted octanol–water partition coefficient (Wildman–Crippen LogP) is 2.20. The van der Waals surface area contributed by atoms with Gasteiger partial charge in [0, 0.05) is 24.7 Å². The minimum Gasteiger partial charge on any atom is -0.391 e. The summed E-state index contributed by atoms with van der Waals surface area (Å²) in [5, 5.41) is 12.1. The van der Waals surface area contributed by atoms with Gasteiger partial charge in [-0.15, -0.1) is 0 Å². The first-order valence-corrected chi connectivity index (χ1v) is 6.11. The largest absolute Gasteiger partial charge is 0.391 e. The lowest BCUT2D eigenvalue weighted by atomic mass is 10.1. The first-order valence-electron chi connectivity index (χ1n) is 6.11. The molecule has 3 rings (SSSR count). The van der Waals surface area contributed by atoms with Crippen molar-refractivity contribution in [3.63, 3.8) is 0 Å². The first kappa shape index (κ1) is 10.5. The van der Waals surface area contributed by atoms with Gasteiger partial charge in [-0.3, -0.25) is 0 Å². The molecule has 0 amide bonds. The van der Waals surface area contributed by atoms with Gasteiger partial charge < -0.3 is 10.0 Å². The number of aromatic nitrogens is 1. The Morgan fingerprint density at radius 1 is 1.24 bits per heavy atom. The standard InChI is InChI=1S/C14H16N2O/c17-12-5-3-9-16(10-12)14-13-6-2-1-4-11(13)7-8-15-14/h1-2,4,6-8,12,17H,3,5,9-10H2. The van der Waals surface area contributed by atoms with E-state index in [0.29, 0.717) is 6.54 Å². The Morgan fingerprint density at radius 3 is 3.00 bits per heavy atom. The van der Waals surface area contributed by atoms with Crippen molar-refractivity contribution in [3.05, 3.63) is 36.5 Å². The minimum absolute atomic E-state index is 0.218. The Hall–Kier alpha value is -1.61. The highest BCUT2D eigenvalue weighted by molar-refractivity contribution is 5.92. The maximum atomic E-state index is 9.74. The molecule has 1 fully saturated rings. The van der Waals surface area contributed by atoms with Crippen LogP contribution < -0.4 is 4.90 Å². The SMILES string of the molecule is OC1CCCN(c2nccc3ccccc23)C1. The lowest BCUT2D eigenvalue weighted by molar-refractivity contribution is 0.154. The van der Waals surface area contributed by atoms with Crippen LogP contribution in [0.2, 0.25) is 0 Å². The lowest BCUT2D eigenvalue weighted by Gasteiger charge is -2.31. The van der Waals surface area contributed by atoms with E-state index in [1.165, 1.54) is 10.8 Å². The third-order valence-electron chi connectivity index (χ3n) is 3.35. The number of aliphatic hydroxyl groups is 1. The van der Waals surface area contributed by atoms with E-state index in [1.807, 2.05) is 24.4 Å². The fourth-order valence-corrected chi connectivity index (χ4v) is 2.50. The Labute approximate surface area is 101 Å². The second-order valence-electron chi connectivity index (χ2n) is 4.60. The Bertz CT molecular complexity index is 521. The molecule has 0 bridgehead atoms. The van der Waals surface area contributed by atoms with Crippen LogP contribution in [0, 0.1) is 0 Å². The van der Waals surface area contributed by atoms with Gasteiger partial charge in [-0.05, 0) is 24.3 Å². The molecule has 1 aromatic carbocycles. The van der Waals surface area contributed by atoms with Crippen LogP contribution in [0.1, 0.15) is 12.8 Å². The highest BCUT2D eigenvalue weighted by Gasteiger charge is 2.19. The van der Waals surface area contributed by atoms with E-state index in [-0.39, 0.29) is 6.10 Å². The number of benzene rings is 1. The van der Waals surface area contributed by atoms with Gasteiger partial charge in [-0.25, -0.2) is 4.98 Å². The number of aliphatic hydroxyl groups excluding tert-OH is 1. The molecule has 3 heteroatoms. The molecule has 2 aromatic rings. The smallest absolute Gasteiger partial charge is 0.136 e. The van der Waals surface area contributed by atoms with Crippen LogP contribution in [-0.4, -0.2) is 29.3 Å². The number of anilines is 1. The van der Waals surface area contributed by atoms with Crippen LogP contribution in [-0.2, 0) is 0 Å². The summed E-state index contributed by atoms with van der Waals surface area (Å²) in [6.07, 6.45) is 3.57. The molecule has 0 aliphatic carbocycles.